The summed E-state index contributed by atoms with van der Waals surface area (Å²) in [6.07, 6.45) is 0.965. The van der Waals surface area contributed by atoms with Crippen LogP contribution in [0.5, 0.6) is 0 Å². The Morgan fingerprint density at radius 2 is 2.29 bits per heavy atom. The second-order valence-corrected chi connectivity index (χ2v) is 1.28. The molecule has 0 saturated heterocycles. The molecule has 0 aromatic rings. The molecular formula is C6H11N. The highest BCUT2D eigenvalue weighted by atomic mass is 14.8. The van der Waals surface area contributed by atoms with Gasteiger partial charge in [-0.05, 0) is 14.0 Å². The molecule has 1 N–H and O–H groups in total. The predicted octanol–water partition coefficient (Wildman–Crippen LogP) is 0.619. The van der Waals surface area contributed by atoms with Crippen LogP contribution in [0.15, 0.2) is 0 Å². The molecule has 0 spiro atoms. The Bertz CT molecular complexity index is 75.9. The highest BCUT2D eigenvalue weighted by Gasteiger charge is 1.70. The van der Waals surface area contributed by atoms with E-state index in [-0.39, 0.29) is 0 Å². The van der Waals surface area contributed by atoms with Gasteiger partial charge in [0.1, 0.15) is 0 Å². The lowest BCUT2D eigenvalue weighted by atomic mass is 10.4. The summed E-state index contributed by atoms with van der Waals surface area (Å²) in [4.78, 5) is 0. The third-order valence-electron chi connectivity index (χ3n) is 0.677. The van der Waals surface area contributed by atoms with Gasteiger partial charge in [-0.1, -0.05) is 0 Å². The van der Waals surface area contributed by atoms with Crippen LogP contribution in [0.2, 0.25) is 0 Å². The van der Waals surface area contributed by atoms with Crippen LogP contribution < -0.4 is 5.32 Å². The number of rotatable bonds is 2. The van der Waals surface area contributed by atoms with E-state index in [2.05, 4.69) is 17.2 Å². The van der Waals surface area contributed by atoms with Crippen molar-refractivity contribution in [1.82, 2.24) is 5.32 Å². The Morgan fingerprint density at radius 1 is 1.57 bits per heavy atom. The quantitative estimate of drug-likeness (QED) is 0.393. The summed E-state index contributed by atoms with van der Waals surface area (Å²) in [5.41, 5.74) is 0. The Kier molecular flexibility index (Phi) is 5.14. The smallest absolute Gasteiger partial charge is 0.0214 e. The average molecular weight is 97.2 g/mol. The monoisotopic (exact) mass is 97.1 g/mol. The highest BCUT2D eigenvalue weighted by Crippen LogP contribution is 1.66. The minimum Gasteiger partial charge on any atom is -0.319 e. The van der Waals surface area contributed by atoms with Gasteiger partial charge in [0.05, 0.1) is 0 Å². The zero-order valence-corrected chi connectivity index (χ0v) is 4.91. The zero-order chi connectivity index (χ0) is 5.54. The van der Waals surface area contributed by atoms with Crippen LogP contribution in [-0.4, -0.2) is 13.6 Å². The average Bonchev–Trinajstić information content (AvgIpc) is 1.69. The van der Waals surface area contributed by atoms with Crippen molar-refractivity contribution in [2.45, 2.75) is 13.3 Å². The molecule has 1 heteroatoms. The van der Waals surface area contributed by atoms with Crippen molar-refractivity contribution < 1.29 is 0 Å². The normalized spacial score (nSPS) is 7.14. The molecule has 1 nitrogen and oxygen atoms in total. The topological polar surface area (TPSA) is 12.0 Å². The predicted molar refractivity (Wildman–Crippen MR) is 32.0 cm³/mol. The molecule has 0 aromatic heterocycles. The fraction of sp³-hybridized carbons (Fsp3) is 0.667. The third-order valence-corrected chi connectivity index (χ3v) is 0.677. The molecule has 0 amide bonds. The molecule has 0 atom stereocenters. The maximum atomic E-state index is 3.00. The molecular weight excluding hydrogens is 86.1 g/mol. The van der Waals surface area contributed by atoms with Crippen LogP contribution in [0.25, 0.3) is 0 Å². The molecule has 0 radical (unpaired) electrons. The Hall–Kier alpha value is -0.480. The third kappa shape index (κ3) is 5.52. The van der Waals surface area contributed by atoms with Gasteiger partial charge in [-0.2, -0.15) is 0 Å². The number of hydrogen-bond acceptors (Lipinski definition) is 1. The summed E-state index contributed by atoms with van der Waals surface area (Å²) in [6, 6.07) is 0. The van der Waals surface area contributed by atoms with Crippen LogP contribution in [0, 0.1) is 11.8 Å². The Labute approximate surface area is 45.1 Å². The van der Waals surface area contributed by atoms with Gasteiger partial charge >= 0.3 is 0 Å². The first-order valence-electron chi connectivity index (χ1n) is 2.46. The van der Waals surface area contributed by atoms with Gasteiger partial charge < -0.3 is 5.32 Å². The van der Waals surface area contributed by atoms with E-state index in [9.17, 15) is 0 Å². The van der Waals surface area contributed by atoms with E-state index in [0.29, 0.717) is 0 Å². The molecule has 0 unspecified atom stereocenters. The van der Waals surface area contributed by atoms with E-state index in [1.807, 2.05) is 14.0 Å². The van der Waals surface area contributed by atoms with Gasteiger partial charge in [0.25, 0.3) is 0 Å². The standard InChI is InChI=1S/C6H11N/c1-3-4-5-6-7-2/h7H,5-6H2,1-2H3. The first-order valence-corrected chi connectivity index (χ1v) is 2.46. The van der Waals surface area contributed by atoms with Gasteiger partial charge in [-0.15, -0.1) is 11.8 Å². The van der Waals surface area contributed by atoms with Crippen LogP contribution >= 0.6 is 0 Å². The van der Waals surface area contributed by atoms with E-state index in [1.54, 1.807) is 0 Å². The molecule has 0 aliphatic rings. The van der Waals surface area contributed by atoms with E-state index in [4.69, 9.17) is 0 Å². The molecule has 0 aliphatic carbocycles. The van der Waals surface area contributed by atoms with E-state index in [1.165, 1.54) is 0 Å². The van der Waals surface area contributed by atoms with E-state index < -0.39 is 0 Å². The zero-order valence-electron chi connectivity index (χ0n) is 4.91. The molecule has 0 bridgehead atoms. The molecule has 0 fully saturated rings. The summed E-state index contributed by atoms with van der Waals surface area (Å²) >= 11 is 0. The van der Waals surface area contributed by atoms with Crippen molar-refractivity contribution in [2.75, 3.05) is 13.6 Å². The molecule has 7 heavy (non-hydrogen) atoms. The summed E-state index contributed by atoms with van der Waals surface area (Å²) in [5.74, 6) is 5.75. The highest BCUT2D eigenvalue weighted by molar-refractivity contribution is 4.94. The van der Waals surface area contributed by atoms with Crippen molar-refractivity contribution in [3.8, 4) is 11.8 Å². The van der Waals surface area contributed by atoms with Crippen LogP contribution in [0.1, 0.15) is 13.3 Å². The van der Waals surface area contributed by atoms with Crippen LogP contribution in [0.4, 0.5) is 0 Å². The lowest BCUT2D eigenvalue weighted by Crippen LogP contribution is -2.05. The Balaban J connectivity index is 2.78. The van der Waals surface area contributed by atoms with Crippen molar-refractivity contribution in [1.29, 1.82) is 0 Å². The lowest BCUT2D eigenvalue weighted by Gasteiger charge is -1.85. The summed E-state index contributed by atoms with van der Waals surface area (Å²) in [5, 5.41) is 3.00. The second kappa shape index (κ2) is 5.52. The molecule has 0 rings (SSSR count). The van der Waals surface area contributed by atoms with Crippen molar-refractivity contribution in [2.24, 2.45) is 0 Å². The molecule has 0 aromatic carbocycles. The minimum atomic E-state index is 0.965. The van der Waals surface area contributed by atoms with Gasteiger partial charge in [0.15, 0.2) is 0 Å². The lowest BCUT2D eigenvalue weighted by molar-refractivity contribution is 0.818. The van der Waals surface area contributed by atoms with E-state index in [0.717, 1.165) is 13.0 Å². The fourth-order valence-corrected chi connectivity index (χ4v) is 0.312. The fourth-order valence-electron chi connectivity index (χ4n) is 0.312. The summed E-state index contributed by atoms with van der Waals surface area (Å²) in [7, 11) is 1.93. The van der Waals surface area contributed by atoms with Gasteiger partial charge in [-0.3, -0.25) is 0 Å². The van der Waals surface area contributed by atoms with E-state index >= 15 is 0 Å². The van der Waals surface area contributed by atoms with Crippen molar-refractivity contribution in [3.63, 3.8) is 0 Å². The van der Waals surface area contributed by atoms with Crippen molar-refractivity contribution in [3.05, 3.63) is 0 Å². The maximum Gasteiger partial charge on any atom is 0.0214 e. The molecule has 0 aliphatic heterocycles. The molecule has 0 heterocycles. The molecule has 40 valence electrons. The van der Waals surface area contributed by atoms with Crippen molar-refractivity contribution >= 4 is 0 Å². The van der Waals surface area contributed by atoms with Gasteiger partial charge in [0, 0.05) is 13.0 Å². The summed E-state index contributed by atoms with van der Waals surface area (Å²) < 4.78 is 0. The maximum absolute atomic E-state index is 3.00. The minimum absolute atomic E-state index is 0.965. The van der Waals surface area contributed by atoms with Crippen LogP contribution in [0.3, 0.4) is 0 Å². The van der Waals surface area contributed by atoms with Crippen LogP contribution in [-0.2, 0) is 0 Å². The SMILES string of the molecule is CC#CCCNC. The number of nitrogens with one attached hydrogen (secondary N) is 1. The second-order valence-electron chi connectivity index (χ2n) is 1.28. The first kappa shape index (κ1) is 6.52. The largest absolute Gasteiger partial charge is 0.319 e. The van der Waals surface area contributed by atoms with Gasteiger partial charge in [-0.25, -0.2) is 0 Å². The number of hydrogen-bond donors (Lipinski definition) is 1. The van der Waals surface area contributed by atoms with Gasteiger partial charge in [0.2, 0.25) is 0 Å². The Morgan fingerprint density at radius 3 is 2.71 bits per heavy atom. The first-order chi connectivity index (χ1) is 3.41. The summed E-state index contributed by atoms with van der Waals surface area (Å²) in [6.45, 7) is 2.86. The molecule has 0 saturated carbocycles.